The second-order valence-electron chi connectivity index (χ2n) is 2.85. The van der Waals surface area contributed by atoms with Crippen molar-refractivity contribution in [2.24, 2.45) is 0 Å². The van der Waals surface area contributed by atoms with E-state index in [0.717, 1.165) is 0 Å². The Morgan fingerprint density at radius 1 is 1.75 bits per heavy atom. The average Bonchev–Trinajstić information content (AvgIpc) is 1.94. The first-order valence-corrected chi connectivity index (χ1v) is 3.73. The van der Waals surface area contributed by atoms with Crippen molar-refractivity contribution < 1.29 is 19.4 Å². The summed E-state index contributed by atoms with van der Waals surface area (Å²) in [6.07, 6.45) is 2.35. The van der Waals surface area contributed by atoms with Gasteiger partial charge in [0.15, 0.2) is 0 Å². The average molecular weight is 172 g/mol. The molecule has 1 aliphatic rings. The maximum absolute atomic E-state index is 10.2. The summed E-state index contributed by atoms with van der Waals surface area (Å²) >= 11 is 0. The van der Waals surface area contributed by atoms with Gasteiger partial charge in [-0.2, -0.15) is 0 Å². The normalized spacial score (nSPS) is 19.7. The number of carboxylic acid groups (broad SMARTS) is 1. The second kappa shape index (κ2) is 3.69. The zero-order chi connectivity index (χ0) is 9.03. The van der Waals surface area contributed by atoms with Gasteiger partial charge in [-0.1, -0.05) is 6.08 Å². The minimum Gasteiger partial charge on any atom is -0.480 e. The Hall–Kier alpha value is -0.870. The van der Waals surface area contributed by atoms with Crippen LogP contribution in [0.1, 0.15) is 6.42 Å². The van der Waals surface area contributed by atoms with Crippen LogP contribution in [-0.2, 0) is 14.3 Å². The molecule has 0 atom stereocenters. The number of carbonyl (C=O) groups is 1. The number of hydrogen-bond donors (Lipinski definition) is 1. The van der Waals surface area contributed by atoms with Crippen LogP contribution in [-0.4, -0.2) is 36.5 Å². The van der Waals surface area contributed by atoms with Gasteiger partial charge in [0, 0.05) is 0 Å². The Labute approximate surface area is 70.8 Å². The summed E-state index contributed by atoms with van der Waals surface area (Å²) < 4.78 is 10.1. The lowest BCUT2D eigenvalue weighted by Gasteiger charge is -2.39. The van der Waals surface area contributed by atoms with E-state index in [9.17, 15) is 4.79 Å². The number of carboxylic acids is 1. The van der Waals surface area contributed by atoms with Gasteiger partial charge in [0.05, 0.1) is 13.2 Å². The molecular weight excluding hydrogens is 160 g/mol. The fourth-order valence-corrected chi connectivity index (χ4v) is 1.07. The van der Waals surface area contributed by atoms with E-state index in [1.54, 1.807) is 6.08 Å². The molecule has 0 unspecified atom stereocenters. The molecule has 68 valence electrons. The maximum Gasteiger partial charge on any atom is 0.329 e. The van der Waals surface area contributed by atoms with E-state index in [1.165, 1.54) is 0 Å². The standard InChI is InChI=1S/C8H12O4/c1-2-3-8(5-11-6-8)12-4-7(9)10/h2H,1,3-6H2,(H,9,10). The molecule has 0 aromatic carbocycles. The summed E-state index contributed by atoms with van der Waals surface area (Å²) in [7, 11) is 0. The van der Waals surface area contributed by atoms with Gasteiger partial charge in [-0.25, -0.2) is 4.79 Å². The third-order valence-electron chi connectivity index (χ3n) is 1.75. The fraction of sp³-hybridized carbons (Fsp3) is 0.625. The Bertz CT molecular complexity index is 183. The van der Waals surface area contributed by atoms with Crippen LogP contribution in [0.2, 0.25) is 0 Å². The Balaban J connectivity index is 2.34. The van der Waals surface area contributed by atoms with Crippen LogP contribution in [0.25, 0.3) is 0 Å². The molecule has 1 rings (SSSR count). The molecule has 0 amide bonds. The lowest BCUT2D eigenvalue weighted by atomic mass is 9.98. The van der Waals surface area contributed by atoms with Gasteiger partial charge in [0.25, 0.3) is 0 Å². The summed E-state index contributed by atoms with van der Waals surface area (Å²) in [4.78, 5) is 10.2. The molecule has 1 saturated heterocycles. The second-order valence-corrected chi connectivity index (χ2v) is 2.85. The molecule has 0 aliphatic carbocycles. The summed E-state index contributed by atoms with van der Waals surface area (Å²) in [5, 5.41) is 8.37. The van der Waals surface area contributed by atoms with Gasteiger partial charge in [0.1, 0.15) is 12.2 Å². The highest BCUT2D eigenvalue weighted by molar-refractivity contribution is 5.68. The highest BCUT2D eigenvalue weighted by atomic mass is 16.6. The molecule has 0 saturated carbocycles. The van der Waals surface area contributed by atoms with Gasteiger partial charge in [0.2, 0.25) is 0 Å². The van der Waals surface area contributed by atoms with Crippen molar-refractivity contribution in [3.05, 3.63) is 12.7 Å². The van der Waals surface area contributed by atoms with Gasteiger partial charge >= 0.3 is 5.97 Å². The molecule has 0 bridgehead atoms. The van der Waals surface area contributed by atoms with Crippen LogP contribution < -0.4 is 0 Å². The van der Waals surface area contributed by atoms with Crippen LogP contribution in [0.4, 0.5) is 0 Å². The molecule has 1 aliphatic heterocycles. The summed E-state index contributed by atoms with van der Waals surface area (Å²) in [5.41, 5.74) is -0.417. The van der Waals surface area contributed by atoms with Crippen molar-refractivity contribution in [3.8, 4) is 0 Å². The molecule has 0 aromatic heterocycles. The predicted molar refractivity (Wildman–Crippen MR) is 42.0 cm³/mol. The van der Waals surface area contributed by atoms with Crippen LogP contribution in [0, 0.1) is 0 Å². The minimum absolute atomic E-state index is 0.267. The lowest BCUT2D eigenvalue weighted by Crippen LogP contribution is -2.52. The van der Waals surface area contributed by atoms with E-state index < -0.39 is 11.6 Å². The highest BCUT2D eigenvalue weighted by Gasteiger charge is 2.38. The topological polar surface area (TPSA) is 55.8 Å². The van der Waals surface area contributed by atoms with Crippen molar-refractivity contribution in [2.75, 3.05) is 19.8 Å². The first-order valence-electron chi connectivity index (χ1n) is 3.73. The highest BCUT2D eigenvalue weighted by Crippen LogP contribution is 2.25. The molecular formula is C8H12O4. The Morgan fingerprint density at radius 2 is 2.42 bits per heavy atom. The van der Waals surface area contributed by atoms with Crippen molar-refractivity contribution in [2.45, 2.75) is 12.0 Å². The van der Waals surface area contributed by atoms with Crippen molar-refractivity contribution >= 4 is 5.97 Å². The molecule has 1 N–H and O–H groups in total. The smallest absolute Gasteiger partial charge is 0.329 e. The van der Waals surface area contributed by atoms with E-state index >= 15 is 0 Å². The van der Waals surface area contributed by atoms with Crippen LogP contribution in [0.5, 0.6) is 0 Å². The molecule has 0 aromatic rings. The monoisotopic (exact) mass is 172 g/mol. The molecule has 4 heteroatoms. The summed E-state index contributed by atoms with van der Waals surface area (Å²) in [6.45, 7) is 4.23. The van der Waals surface area contributed by atoms with Gasteiger partial charge in [-0.15, -0.1) is 6.58 Å². The number of ether oxygens (including phenoxy) is 2. The lowest BCUT2D eigenvalue weighted by molar-refractivity contribution is -0.211. The molecule has 1 heterocycles. The van der Waals surface area contributed by atoms with E-state index in [2.05, 4.69) is 6.58 Å². The van der Waals surface area contributed by atoms with E-state index in [4.69, 9.17) is 14.6 Å². The third-order valence-corrected chi connectivity index (χ3v) is 1.75. The van der Waals surface area contributed by atoms with E-state index in [1.807, 2.05) is 0 Å². The van der Waals surface area contributed by atoms with Crippen molar-refractivity contribution in [3.63, 3.8) is 0 Å². The minimum atomic E-state index is -0.953. The quantitative estimate of drug-likeness (QED) is 0.611. The Kier molecular flexibility index (Phi) is 2.83. The SMILES string of the molecule is C=CCC1(OCC(=O)O)COC1. The fourth-order valence-electron chi connectivity index (χ4n) is 1.07. The number of aliphatic carboxylic acids is 1. The predicted octanol–water partition coefficient (Wildman–Crippen LogP) is 0.433. The largest absolute Gasteiger partial charge is 0.480 e. The van der Waals surface area contributed by atoms with Crippen LogP contribution in [0.3, 0.4) is 0 Å². The summed E-state index contributed by atoms with van der Waals surface area (Å²) in [6, 6.07) is 0. The summed E-state index contributed by atoms with van der Waals surface area (Å²) in [5.74, 6) is -0.953. The number of rotatable bonds is 5. The van der Waals surface area contributed by atoms with E-state index in [0.29, 0.717) is 19.6 Å². The van der Waals surface area contributed by atoms with Crippen molar-refractivity contribution in [1.82, 2.24) is 0 Å². The van der Waals surface area contributed by atoms with Gasteiger partial charge in [-0.3, -0.25) is 0 Å². The zero-order valence-corrected chi connectivity index (χ0v) is 6.78. The third kappa shape index (κ3) is 2.06. The first-order chi connectivity index (χ1) is 5.68. The van der Waals surface area contributed by atoms with E-state index in [-0.39, 0.29) is 6.61 Å². The van der Waals surface area contributed by atoms with Crippen molar-refractivity contribution in [1.29, 1.82) is 0 Å². The molecule has 4 nitrogen and oxygen atoms in total. The van der Waals surface area contributed by atoms with Gasteiger partial charge < -0.3 is 14.6 Å². The number of hydrogen-bond acceptors (Lipinski definition) is 3. The van der Waals surface area contributed by atoms with Gasteiger partial charge in [-0.05, 0) is 6.42 Å². The first kappa shape index (κ1) is 9.22. The van der Waals surface area contributed by atoms with Crippen LogP contribution >= 0.6 is 0 Å². The maximum atomic E-state index is 10.2. The Morgan fingerprint density at radius 3 is 2.75 bits per heavy atom. The molecule has 0 spiro atoms. The van der Waals surface area contributed by atoms with Crippen LogP contribution in [0.15, 0.2) is 12.7 Å². The molecule has 12 heavy (non-hydrogen) atoms. The molecule has 1 fully saturated rings. The molecule has 0 radical (unpaired) electrons. The zero-order valence-electron chi connectivity index (χ0n) is 6.78.